The van der Waals surface area contributed by atoms with Crippen LogP contribution in [0.15, 0.2) is 34.3 Å². The van der Waals surface area contributed by atoms with Gasteiger partial charge < -0.3 is 9.73 Å². The Balaban J connectivity index is 1.60. The van der Waals surface area contributed by atoms with Gasteiger partial charge in [-0.3, -0.25) is 4.79 Å². The van der Waals surface area contributed by atoms with Gasteiger partial charge in [0, 0.05) is 18.3 Å². The van der Waals surface area contributed by atoms with Gasteiger partial charge in [0.05, 0.1) is 0 Å². The molecule has 2 aromatic rings. The number of nitrogens with one attached hydrogen (secondary N) is 1. The van der Waals surface area contributed by atoms with Crippen molar-refractivity contribution in [2.45, 2.75) is 39.0 Å². The molecule has 0 radical (unpaired) electrons. The van der Waals surface area contributed by atoms with Crippen molar-refractivity contribution in [1.29, 1.82) is 0 Å². The van der Waals surface area contributed by atoms with Crippen LogP contribution in [0.1, 0.15) is 48.4 Å². The zero-order valence-electron chi connectivity index (χ0n) is 12.3. The predicted octanol–water partition coefficient (Wildman–Crippen LogP) is 3.76. The van der Waals surface area contributed by atoms with Crippen molar-refractivity contribution >= 4 is 17.0 Å². The minimum atomic E-state index is -0.165. The summed E-state index contributed by atoms with van der Waals surface area (Å²) in [6.45, 7) is 2.58. The SMILES string of the molecule is Cc1ccc2oc(C(=O)NCCC3=CCCCC3)cc2n1. The molecule has 0 saturated carbocycles. The van der Waals surface area contributed by atoms with E-state index < -0.39 is 0 Å². The van der Waals surface area contributed by atoms with Crippen molar-refractivity contribution in [3.8, 4) is 0 Å². The highest BCUT2D eigenvalue weighted by atomic mass is 16.3. The number of amides is 1. The molecule has 1 aliphatic rings. The van der Waals surface area contributed by atoms with Gasteiger partial charge in [-0.2, -0.15) is 0 Å². The van der Waals surface area contributed by atoms with Gasteiger partial charge in [-0.25, -0.2) is 4.98 Å². The number of carbonyl (C=O) groups excluding carboxylic acids is 1. The van der Waals surface area contributed by atoms with Crippen LogP contribution in [0.25, 0.3) is 11.1 Å². The third-order valence-corrected chi connectivity index (χ3v) is 3.85. The van der Waals surface area contributed by atoms with Gasteiger partial charge in [0.2, 0.25) is 0 Å². The van der Waals surface area contributed by atoms with E-state index in [-0.39, 0.29) is 5.91 Å². The highest BCUT2D eigenvalue weighted by Gasteiger charge is 2.13. The summed E-state index contributed by atoms with van der Waals surface area (Å²) in [5.41, 5.74) is 3.76. The number of fused-ring (bicyclic) bond motifs is 1. The van der Waals surface area contributed by atoms with Crippen LogP contribution in [-0.4, -0.2) is 17.4 Å². The minimum Gasteiger partial charge on any atom is -0.449 e. The normalized spacial score (nSPS) is 15.0. The molecule has 4 heteroatoms. The maximum atomic E-state index is 12.1. The minimum absolute atomic E-state index is 0.165. The van der Waals surface area contributed by atoms with Gasteiger partial charge in [-0.15, -0.1) is 0 Å². The number of hydrogen-bond donors (Lipinski definition) is 1. The fourth-order valence-electron chi connectivity index (χ4n) is 2.69. The molecule has 110 valence electrons. The topological polar surface area (TPSA) is 55.1 Å². The van der Waals surface area contributed by atoms with E-state index in [9.17, 15) is 4.79 Å². The number of rotatable bonds is 4. The van der Waals surface area contributed by atoms with Gasteiger partial charge in [-0.1, -0.05) is 11.6 Å². The van der Waals surface area contributed by atoms with Crippen molar-refractivity contribution in [1.82, 2.24) is 10.3 Å². The number of aryl methyl sites for hydroxylation is 1. The van der Waals surface area contributed by atoms with Gasteiger partial charge in [0.25, 0.3) is 5.91 Å². The van der Waals surface area contributed by atoms with Crippen LogP contribution in [0.2, 0.25) is 0 Å². The molecule has 0 bridgehead atoms. The number of pyridine rings is 1. The van der Waals surface area contributed by atoms with Crippen molar-refractivity contribution < 1.29 is 9.21 Å². The fourth-order valence-corrected chi connectivity index (χ4v) is 2.69. The lowest BCUT2D eigenvalue weighted by atomic mass is 9.97. The smallest absolute Gasteiger partial charge is 0.287 e. The molecule has 0 fully saturated rings. The van der Waals surface area contributed by atoms with E-state index >= 15 is 0 Å². The Hall–Kier alpha value is -2.10. The van der Waals surface area contributed by atoms with Crippen molar-refractivity contribution in [2.75, 3.05) is 6.54 Å². The van der Waals surface area contributed by atoms with Gasteiger partial charge in [-0.05, 0) is 51.2 Å². The molecule has 2 heterocycles. The highest BCUT2D eigenvalue weighted by molar-refractivity contribution is 5.95. The monoisotopic (exact) mass is 284 g/mol. The van der Waals surface area contributed by atoms with Crippen LogP contribution in [0.3, 0.4) is 0 Å². The standard InChI is InChI=1S/C17H20N2O2/c1-12-7-8-15-14(19-12)11-16(21-15)17(20)18-10-9-13-5-3-2-4-6-13/h5,7-8,11H,2-4,6,9-10H2,1H3,(H,18,20). The fraction of sp³-hybridized carbons (Fsp3) is 0.412. The molecule has 21 heavy (non-hydrogen) atoms. The molecular formula is C17H20N2O2. The average Bonchev–Trinajstić information content (AvgIpc) is 2.91. The summed E-state index contributed by atoms with van der Waals surface area (Å²) in [6, 6.07) is 5.43. The van der Waals surface area contributed by atoms with E-state index in [0.29, 0.717) is 17.9 Å². The maximum Gasteiger partial charge on any atom is 0.287 e. The summed E-state index contributed by atoms with van der Waals surface area (Å²) >= 11 is 0. The number of hydrogen-bond acceptors (Lipinski definition) is 3. The summed E-state index contributed by atoms with van der Waals surface area (Å²) < 4.78 is 5.54. The second-order valence-electron chi connectivity index (χ2n) is 5.56. The molecule has 0 spiro atoms. The third-order valence-electron chi connectivity index (χ3n) is 3.85. The molecule has 2 aromatic heterocycles. The molecule has 0 aromatic carbocycles. The molecule has 1 N–H and O–H groups in total. The van der Waals surface area contributed by atoms with E-state index in [4.69, 9.17) is 4.42 Å². The first-order valence-electron chi connectivity index (χ1n) is 7.56. The number of nitrogens with zero attached hydrogens (tertiary/aromatic N) is 1. The summed E-state index contributed by atoms with van der Waals surface area (Å²) in [5, 5.41) is 2.92. The average molecular weight is 284 g/mol. The lowest BCUT2D eigenvalue weighted by molar-refractivity contribution is 0.0928. The van der Waals surface area contributed by atoms with Crippen molar-refractivity contribution in [2.24, 2.45) is 0 Å². The van der Waals surface area contributed by atoms with Crippen molar-refractivity contribution in [3.05, 3.63) is 41.3 Å². The van der Waals surface area contributed by atoms with E-state index in [1.807, 2.05) is 19.1 Å². The van der Waals surface area contributed by atoms with Crippen LogP contribution in [0.5, 0.6) is 0 Å². The Kier molecular flexibility index (Phi) is 4.04. The summed E-state index contributed by atoms with van der Waals surface area (Å²) in [4.78, 5) is 16.4. The summed E-state index contributed by atoms with van der Waals surface area (Å²) in [7, 11) is 0. The Bertz CT molecular complexity index is 685. The molecule has 1 amide bonds. The first-order valence-corrected chi connectivity index (χ1v) is 7.56. The van der Waals surface area contributed by atoms with Gasteiger partial charge in [0.15, 0.2) is 11.3 Å². The molecule has 0 aliphatic heterocycles. The first kappa shape index (κ1) is 13.9. The maximum absolute atomic E-state index is 12.1. The lowest BCUT2D eigenvalue weighted by Gasteiger charge is -2.12. The molecule has 0 saturated heterocycles. The number of carbonyl (C=O) groups is 1. The molecule has 0 unspecified atom stereocenters. The number of furan rings is 1. The third kappa shape index (κ3) is 3.32. The van der Waals surface area contributed by atoms with Crippen molar-refractivity contribution in [3.63, 3.8) is 0 Å². The van der Waals surface area contributed by atoms with E-state index in [1.165, 1.54) is 31.3 Å². The van der Waals surface area contributed by atoms with E-state index in [2.05, 4.69) is 16.4 Å². The summed E-state index contributed by atoms with van der Waals surface area (Å²) in [5.74, 6) is 0.169. The highest BCUT2D eigenvalue weighted by Crippen LogP contribution is 2.20. The van der Waals surface area contributed by atoms with E-state index in [0.717, 1.165) is 17.6 Å². The Morgan fingerprint density at radius 1 is 1.38 bits per heavy atom. The van der Waals surface area contributed by atoms with Crippen LogP contribution in [0.4, 0.5) is 0 Å². The second kappa shape index (κ2) is 6.12. The molecule has 0 atom stereocenters. The lowest BCUT2D eigenvalue weighted by Crippen LogP contribution is -2.24. The second-order valence-corrected chi connectivity index (χ2v) is 5.56. The van der Waals surface area contributed by atoms with Crippen LogP contribution >= 0.6 is 0 Å². The largest absolute Gasteiger partial charge is 0.449 e. The first-order chi connectivity index (χ1) is 10.2. The Morgan fingerprint density at radius 2 is 2.29 bits per heavy atom. The molecule has 1 aliphatic carbocycles. The number of allylic oxidation sites excluding steroid dienone is 1. The molecule has 4 nitrogen and oxygen atoms in total. The Labute approximate surface area is 124 Å². The van der Waals surface area contributed by atoms with Gasteiger partial charge >= 0.3 is 0 Å². The quantitative estimate of drug-likeness (QED) is 0.870. The van der Waals surface area contributed by atoms with Crippen LogP contribution in [-0.2, 0) is 0 Å². The predicted molar refractivity (Wildman–Crippen MR) is 82.2 cm³/mol. The zero-order valence-corrected chi connectivity index (χ0v) is 12.3. The zero-order chi connectivity index (χ0) is 14.7. The van der Waals surface area contributed by atoms with Crippen LogP contribution in [0, 0.1) is 6.92 Å². The Morgan fingerprint density at radius 3 is 3.10 bits per heavy atom. The molecule has 3 rings (SSSR count). The summed E-state index contributed by atoms with van der Waals surface area (Å²) in [6.07, 6.45) is 8.16. The van der Waals surface area contributed by atoms with Crippen LogP contribution < -0.4 is 5.32 Å². The van der Waals surface area contributed by atoms with E-state index in [1.54, 1.807) is 6.07 Å². The number of aromatic nitrogens is 1. The molecular weight excluding hydrogens is 264 g/mol. The van der Waals surface area contributed by atoms with Gasteiger partial charge in [0.1, 0.15) is 5.52 Å².